The summed E-state index contributed by atoms with van der Waals surface area (Å²) in [5.41, 5.74) is -2.08. The number of benzene rings is 3. The number of alkyl halides is 3. The summed E-state index contributed by atoms with van der Waals surface area (Å²) in [5.74, 6) is -4.85. The lowest BCUT2D eigenvalue weighted by Crippen LogP contribution is -2.39. The van der Waals surface area contributed by atoms with Crippen molar-refractivity contribution >= 4 is 11.6 Å². The van der Waals surface area contributed by atoms with Crippen molar-refractivity contribution < 1.29 is 59.2 Å². The second kappa shape index (κ2) is 16.2. The zero-order valence-electron chi connectivity index (χ0n) is 33.4. The molecule has 6 aromatic rings. The van der Waals surface area contributed by atoms with Gasteiger partial charge in [-0.3, -0.25) is 9.13 Å². The number of ether oxygens (including phenoxy) is 6. The first-order chi connectivity index (χ1) is 31.3. The third-order valence-corrected chi connectivity index (χ3v) is 10.9. The second-order valence-corrected chi connectivity index (χ2v) is 15.1. The largest absolute Gasteiger partial charge is 0.483 e. The Labute approximate surface area is 360 Å². The molecule has 0 amide bonds. The summed E-state index contributed by atoms with van der Waals surface area (Å²) >= 11 is 0. The minimum Gasteiger partial charge on any atom is -0.483 e. The van der Waals surface area contributed by atoms with Gasteiger partial charge >= 0.3 is 17.6 Å². The van der Waals surface area contributed by atoms with Gasteiger partial charge in [-0.1, -0.05) is 0 Å². The monoisotopic (exact) mass is 908 g/mol. The average Bonchev–Trinajstić information content (AvgIpc) is 3.89. The Kier molecular flexibility index (Phi) is 10.3. The molecule has 3 aromatic heterocycles. The average molecular weight is 909 g/mol. The zero-order valence-corrected chi connectivity index (χ0v) is 33.4. The van der Waals surface area contributed by atoms with Crippen molar-refractivity contribution in [1.82, 2.24) is 29.1 Å². The summed E-state index contributed by atoms with van der Waals surface area (Å²) in [6, 6.07) is 6.80. The van der Waals surface area contributed by atoms with E-state index in [9.17, 15) is 31.5 Å². The van der Waals surface area contributed by atoms with E-state index in [1.54, 1.807) is 0 Å². The van der Waals surface area contributed by atoms with Crippen molar-refractivity contribution in [3.05, 3.63) is 128 Å². The fourth-order valence-electron chi connectivity index (χ4n) is 7.97. The zero-order chi connectivity index (χ0) is 45.1. The van der Waals surface area contributed by atoms with E-state index in [0.29, 0.717) is 68.1 Å². The van der Waals surface area contributed by atoms with Crippen molar-refractivity contribution in [2.45, 2.75) is 44.9 Å². The van der Waals surface area contributed by atoms with Gasteiger partial charge in [-0.25, -0.2) is 37.1 Å². The molecule has 23 heteroatoms. The Balaban J connectivity index is 0.776. The molecule has 4 aliphatic rings. The number of nitrogens with zero attached hydrogens (tertiary/aromatic N) is 8. The minimum absolute atomic E-state index is 0.0166. The van der Waals surface area contributed by atoms with Gasteiger partial charge in [0.15, 0.2) is 52.2 Å². The Morgan fingerprint density at radius 3 is 1.78 bits per heavy atom. The molecule has 10 rings (SSSR count). The third-order valence-electron chi connectivity index (χ3n) is 10.9. The SMILES string of the molecule is O=c1nc(OCc2cc(F)c(Oc3cnc(CC4Cn5c6c(c(OCc7cc(F)c(Oc8ccc(C(F)(F)F)cc8)c(F)c7)nc5=O)OCCN64)nc3)c(F)c2)c2c3n1CCN3CCO2. The van der Waals surface area contributed by atoms with Crippen molar-refractivity contribution in [2.24, 2.45) is 0 Å². The molecule has 4 aliphatic heterocycles. The van der Waals surface area contributed by atoms with Gasteiger partial charge in [0.2, 0.25) is 11.5 Å². The normalized spacial score (nSPS) is 15.8. The van der Waals surface area contributed by atoms with Gasteiger partial charge in [0.1, 0.15) is 38.0 Å². The van der Waals surface area contributed by atoms with Crippen LogP contribution >= 0.6 is 0 Å². The van der Waals surface area contributed by atoms with Crippen LogP contribution in [0.15, 0.2) is 70.5 Å². The Hall–Kier alpha value is -7.59. The van der Waals surface area contributed by atoms with E-state index >= 15 is 8.78 Å². The molecule has 3 aromatic carbocycles. The van der Waals surface area contributed by atoms with E-state index in [1.807, 2.05) is 9.80 Å². The van der Waals surface area contributed by atoms with Gasteiger partial charge in [0.25, 0.3) is 11.8 Å². The predicted molar refractivity (Wildman–Crippen MR) is 210 cm³/mol. The van der Waals surface area contributed by atoms with Crippen LogP contribution in [-0.2, 0) is 38.9 Å². The van der Waals surface area contributed by atoms with Crippen molar-refractivity contribution in [2.75, 3.05) is 42.6 Å². The predicted octanol–water partition coefficient (Wildman–Crippen LogP) is 5.94. The van der Waals surface area contributed by atoms with Crippen LogP contribution in [0.1, 0.15) is 22.5 Å². The Bertz CT molecular complexity index is 2930. The minimum atomic E-state index is -4.60. The van der Waals surface area contributed by atoms with Gasteiger partial charge < -0.3 is 38.2 Å². The molecule has 336 valence electrons. The molecule has 65 heavy (non-hydrogen) atoms. The number of aromatic nitrogens is 6. The number of halogens is 7. The molecule has 7 heterocycles. The Morgan fingerprint density at radius 1 is 0.662 bits per heavy atom. The van der Waals surface area contributed by atoms with Crippen LogP contribution in [0.5, 0.6) is 46.3 Å². The van der Waals surface area contributed by atoms with E-state index in [-0.39, 0.29) is 72.4 Å². The lowest BCUT2D eigenvalue weighted by Gasteiger charge is -2.31. The van der Waals surface area contributed by atoms with Crippen molar-refractivity contribution in [3.63, 3.8) is 0 Å². The fourth-order valence-corrected chi connectivity index (χ4v) is 7.97. The third kappa shape index (κ3) is 7.90. The van der Waals surface area contributed by atoms with E-state index < -0.39 is 64.5 Å². The van der Waals surface area contributed by atoms with E-state index in [4.69, 9.17) is 28.4 Å². The fraction of sp³-hybridized carbons (Fsp3) is 0.286. The molecule has 0 aliphatic carbocycles. The first-order valence-electron chi connectivity index (χ1n) is 19.9. The molecule has 0 bridgehead atoms. The number of hydrogen-bond donors (Lipinski definition) is 0. The molecule has 1 atom stereocenters. The summed E-state index contributed by atoms with van der Waals surface area (Å²) in [6.07, 6.45) is -1.90. The summed E-state index contributed by atoms with van der Waals surface area (Å²) in [4.78, 5) is 46.2. The summed E-state index contributed by atoms with van der Waals surface area (Å²) in [5, 5.41) is 0. The van der Waals surface area contributed by atoms with E-state index in [0.717, 1.165) is 36.4 Å². The summed E-state index contributed by atoms with van der Waals surface area (Å²) in [7, 11) is 0. The van der Waals surface area contributed by atoms with Crippen LogP contribution < -0.4 is 49.6 Å². The number of anilines is 2. The maximum Gasteiger partial charge on any atom is 0.416 e. The van der Waals surface area contributed by atoms with Crippen LogP contribution in [0, 0.1) is 23.3 Å². The van der Waals surface area contributed by atoms with Gasteiger partial charge in [-0.2, -0.15) is 23.1 Å². The highest BCUT2D eigenvalue weighted by Gasteiger charge is 2.39. The maximum absolute atomic E-state index is 15.2. The van der Waals surface area contributed by atoms with Crippen LogP contribution in [0.3, 0.4) is 0 Å². The number of rotatable bonds is 12. The van der Waals surface area contributed by atoms with Gasteiger partial charge in [-0.15, -0.1) is 0 Å². The van der Waals surface area contributed by atoms with Crippen LogP contribution in [-0.4, -0.2) is 68.0 Å². The lowest BCUT2D eigenvalue weighted by molar-refractivity contribution is -0.137. The smallest absolute Gasteiger partial charge is 0.416 e. The molecule has 0 fully saturated rings. The quantitative estimate of drug-likeness (QED) is 0.133. The highest BCUT2D eigenvalue weighted by molar-refractivity contribution is 5.63. The molecular weight excluding hydrogens is 877 g/mol. The standard InChI is InChI=1S/C42H31F7N8O8/c43-27-11-21(12-28(44)32(27)64-25-3-1-23(2-4-25)42(47,48)49)20-63-37-35-39-55(8-10-61-35)24(18-57(39)41(59)53-37)15-31-50-16-26(17-51-31)65-33-29(45)13-22(14-30(33)46)19-62-36-34-38-54(7-9-60-34)5-6-56(38)40(58)52-36/h1-4,11-14,16-17,24H,5-10,15,18-20H2. The molecule has 1 unspecified atom stereocenters. The van der Waals surface area contributed by atoms with Gasteiger partial charge in [0.05, 0.1) is 43.6 Å². The number of hydrogen-bond acceptors (Lipinski definition) is 14. The second-order valence-electron chi connectivity index (χ2n) is 15.1. The van der Waals surface area contributed by atoms with Crippen molar-refractivity contribution in [3.8, 4) is 46.3 Å². The molecule has 0 N–H and O–H groups in total. The highest BCUT2D eigenvalue weighted by Crippen LogP contribution is 2.43. The van der Waals surface area contributed by atoms with Crippen LogP contribution in [0.25, 0.3) is 0 Å². The van der Waals surface area contributed by atoms with Gasteiger partial charge in [0, 0.05) is 19.5 Å². The molecule has 16 nitrogen and oxygen atoms in total. The molecule has 0 saturated carbocycles. The summed E-state index contributed by atoms with van der Waals surface area (Å²) < 4.78 is 136. The first kappa shape index (κ1) is 41.4. The topological polar surface area (TPSA) is 157 Å². The first-order valence-corrected chi connectivity index (χ1v) is 19.9. The molecular formula is C42H31F7N8O8. The van der Waals surface area contributed by atoms with Crippen LogP contribution in [0.4, 0.5) is 42.4 Å². The van der Waals surface area contributed by atoms with Crippen molar-refractivity contribution in [1.29, 1.82) is 0 Å². The highest BCUT2D eigenvalue weighted by atomic mass is 19.4. The maximum atomic E-state index is 15.2. The molecule has 0 radical (unpaired) electrons. The molecule has 0 saturated heterocycles. The van der Waals surface area contributed by atoms with E-state index in [1.165, 1.54) is 21.5 Å². The molecule has 0 spiro atoms. The van der Waals surface area contributed by atoms with Crippen LogP contribution in [0.2, 0.25) is 0 Å². The van der Waals surface area contributed by atoms with Gasteiger partial charge in [-0.05, 0) is 59.7 Å². The Morgan fingerprint density at radius 2 is 1.20 bits per heavy atom. The van der Waals surface area contributed by atoms with E-state index in [2.05, 4.69) is 19.9 Å². The summed E-state index contributed by atoms with van der Waals surface area (Å²) in [6.45, 7) is 1.97. The lowest BCUT2D eigenvalue weighted by atomic mass is 10.1.